The number of methoxy groups -OCH3 is 5. The fraction of sp³-hybridized carbons (Fsp3) is 0.661. The second-order valence-corrected chi connectivity index (χ2v) is 26.3. The molecule has 1 amide bonds. The number of Topliss-reactive ketones (excluding diaryl/α,β-unsaturated/α-hetero) is 1. The van der Waals surface area contributed by atoms with Crippen LogP contribution in [-0.4, -0.2) is 230 Å². The topological polar surface area (TPSA) is 335 Å². The van der Waals surface area contributed by atoms with Crippen molar-refractivity contribution >= 4 is 78.9 Å². The van der Waals surface area contributed by atoms with Crippen LogP contribution in [0.5, 0.6) is 17.2 Å². The molecule has 1 aromatic carbocycles. The lowest BCUT2D eigenvalue weighted by atomic mass is 9.75. The number of rotatable bonds is 24. The molecule has 0 aromatic heterocycles. The number of esters is 1. The van der Waals surface area contributed by atoms with Crippen molar-refractivity contribution in [2.75, 3.05) is 61.1 Å². The molecule has 30 heteroatoms. The van der Waals surface area contributed by atoms with E-state index in [1.807, 2.05) is 29.5 Å². The summed E-state index contributed by atoms with van der Waals surface area (Å²) in [5.41, 5.74) is 0.917. The fourth-order valence-corrected chi connectivity index (χ4v) is 14.6. The minimum Gasteiger partial charge on any atom is -0.492 e. The van der Waals surface area contributed by atoms with Gasteiger partial charge in [0.1, 0.15) is 41.9 Å². The number of hydrogen-bond acceptors (Lipinski definition) is 28. The molecule has 2 bridgehead atoms. The molecule has 20 atom stereocenters. The van der Waals surface area contributed by atoms with Crippen molar-refractivity contribution in [1.29, 1.82) is 0 Å². The molecule has 4 saturated heterocycles. The summed E-state index contributed by atoms with van der Waals surface area (Å²) in [7, 11) is 9.21. The fourth-order valence-electron chi connectivity index (χ4n) is 10.9. The Morgan fingerprint density at radius 3 is 2.26 bits per heavy atom. The number of ether oxygens (including phenoxy) is 13. The second-order valence-electron chi connectivity index (χ2n) is 21.3. The zero-order chi connectivity index (χ0) is 65.0. The van der Waals surface area contributed by atoms with Crippen molar-refractivity contribution in [3.05, 3.63) is 49.8 Å². The third-order valence-electron chi connectivity index (χ3n) is 15.5. The van der Waals surface area contributed by atoms with Gasteiger partial charge < -0.3 is 92.4 Å². The van der Waals surface area contributed by atoms with E-state index in [4.69, 9.17) is 66.4 Å². The normalized spacial score (nSPS) is 34.9. The van der Waals surface area contributed by atoms with Crippen LogP contribution in [0.4, 0.5) is 4.79 Å². The van der Waals surface area contributed by atoms with Gasteiger partial charge in [-0.05, 0) is 88.4 Å². The Bertz CT molecular complexity index is 2890. The molecule has 0 spiro atoms. The van der Waals surface area contributed by atoms with Gasteiger partial charge in [-0.25, -0.2) is 4.79 Å². The second kappa shape index (κ2) is 33.3. The summed E-state index contributed by atoms with van der Waals surface area (Å²) in [6.45, 7) is 12.9. The highest BCUT2D eigenvalue weighted by Gasteiger charge is 2.52. The van der Waals surface area contributed by atoms with Crippen molar-refractivity contribution in [3.8, 4) is 40.9 Å². The van der Waals surface area contributed by atoms with Gasteiger partial charge in [0.05, 0.1) is 104 Å². The summed E-state index contributed by atoms with van der Waals surface area (Å²) in [4.78, 5) is 60.3. The van der Waals surface area contributed by atoms with Gasteiger partial charge in [0.2, 0.25) is 17.2 Å². The number of hydroxylamine groups is 1. The summed E-state index contributed by atoms with van der Waals surface area (Å²) >= 11 is 2.81. The van der Waals surface area contributed by atoms with E-state index >= 15 is 0 Å². The maximum absolute atomic E-state index is 14.5. The number of fused-ring (bicyclic) bond motifs is 2. The first-order valence-corrected chi connectivity index (χ1v) is 33.2. The van der Waals surface area contributed by atoms with Gasteiger partial charge in [0, 0.05) is 44.0 Å². The highest BCUT2D eigenvalue weighted by Crippen LogP contribution is 2.49. The average Bonchev–Trinajstić information content (AvgIpc) is 1.01. The predicted octanol–water partition coefficient (Wildman–Crippen LogP) is 2.87. The number of alkyl carbamates (subject to hydrolysis) is 1. The molecule has 1 unspecified atom stereocenters. The van der Waals surface area contributed by atoms with Gasteiger partial charge in [0.15, 0.2) is 41.8 Å². The summed E-state index contributed by atoms with van der Waals surface area (Å²) in [6.07, 6.45) is -14.6. The van der Waals surface area contributed by atoms with Gasteiger partial charge in [-0.3, -0.25) is 24.5 Å². The van der Waals surface area contributed by atoms with Crippen LogP contribution in [0.3, 0.4) is 0 Å². The van der Waals surface area contributed by atoms with E-state index in [9.17, 15) is 44.7 Å². The number of aliphatic hydroxyl groups is 5. The van der Waals surface area contributed by atoms with E-state index in [2.05, 4.69) is 39.8 Å². The number of hydrogen-bond donors (Lipinski definition) is 8. The molecule has 494 valence electrons. The SMILES string of the molecule is CCN[C@H]1CO[C@@H](O[C@H]2[C@H](O[C@H]3C#C/C=C/C#C[C@]4(O)CC(=O)C(NC(=O)OC)=C3/C4=C\CSSC(C)C(=O)OCC)O[C@H](C)[C@@H](NO[C@H]3C[C@H](O)[C@H](SC(=O)c4c(C)c(I)c(O[C@@H]5O[C@@H](C)[C@H](O)[C@@H](OC)[C@H]5O)c(OC)c4OC)[C@@H](C)O3)[C@@H]2O)C[C@@H]1OC. The van der Waals surface area contributed by atoms with Gasteiger partial charge in [-0.15, -0.1) is 0 Å². The number of ketones is 1. The number of halogens is 1. The standard InChI is InChI=1S/C59H80IN3O23S3/c1-13-61-33-26-79-38(24-37(33)73-8)84-51-46(67)43(28(4)81-57(51)83-36-19-17-15-16-18-21-59(72)25-35(65)44(62-58(71)77-12)41(36)32(59)20-22-87-89-31(7)54(69)78-14-2)63-86-39-23-34(64)53(30(6)80-39)88-55(70)40-27(3)42(60)49(52(76-11)48(40)74-9)85-56-47(68)50(75-10)45(66)29(5)82-56/h15-16,20,28-31,33-34,36-39,43,45-47,50-51,53,56-57,61,63-64,66-68,72H,13-14,22-26H2,1-12H3,(H,62,71)/b16-15+,32-20+/t28-,29+,30-,31?,33+,34+,36+,37+,38+,39+,43-,45+,46+,47-,50-,51-,53-,56+,57+,59+/m1/s1. The number of allylic oxidation sites excluding steroid dienone is 3. The van der Waals surface area contributed by atoms with Crippen molar-refractivity contribution < 1.29 is 111 Å². The van der Waals surface area contributed by atoms with E-state index in [0.29, 0.717) is 15.7 Å². The van der Waals surface area contributed by atoms with Crippen LogP contribution in [0.15, 0.2) is 35.1 Å². The van der Waals surface area contributed by atoms with Crippen LogP contribution in [0, 0.1) is 34.2 Å². The Morgan fingerprint density at radius 1 is 0.876 bits per heavy atom. The Hall–Kier alpha value is -3.82. The molecule has 0 saturated carbocycles. The number of nitrogens with one attached hydrogen (secondary N) is 3. The van der Waals surface area contributed by atoms with Crippen LogP contribution >= 0.6 is 55.9 Å². The summed E-state index contributed by atoms with van der Waals surface area (Å²) in [6, 6.07) is -1.33. The highest BCUT2D eigenvalue weighted by atomic mass is 127. The number of thioether (sulfide) groups is 1. The number of aliphatic hydroxyl groups excluding tert-OH is 4. The molecule has 2 aliphatic carbocycles. The third kappa shape index (κ3) is 17.1. The lowest BCUT2D eigenvalue weighted by Crippen LogP contribution is -2.65. The summed E-state index contributed by atoms with van der Waals surface area (Å²) < 4.78 is 77.8. The van der Waals surface area contributed by atoms with Crippen LogP contribution in [0.25, 0.3) is 0 Å². The molecule has 6 aliphatic rings. The van der Waals surface area contributed by atoms with Crippen molar-refractivity contribution in [3.63, 3.8) is 0 Å². The molecule has 1 aromatic rings. The molecule has 4 heterocycles. The smallest absolute Gasteiger partial charge is 0.411 e. The van der Waals surface area contributed by atoms with E-state index < -0.39 is 144 Å². The van der Waals surface area contributed by atoms with Gasteiger partial charge in [0.25, 0.3) is 0 Å². The quantitative estimate of drug-likeness (QED) is 0.0184. The molecule has 7 rings (SSSR count). The lowest BCUT2D eigenvalue weighted by Gasteiger charge is -2.46. The Morgan fingerprint density at radius 2 is 1.60 bits per heavy atom. The molecule has 89 heavy (non-hydrogen) atoms. The molecule has 0 radical (unpaired) electrons. The molecule has 26 nitrogen and oxygen atoms in total. The maximum Gasteiger partial charge on any atom is 0.411 e. The minimum absolute atomic E-state index is 0.0159. The van der Waals surface area contributed by atoms with E-state index in [1.165, 1.54) is 55.1 Å². The molecule has 4 fully saturated rings. The van der Waals surface area contributed by atoms with Gasteiger partial charge in [-0.1, -0.05) is 70.0 Å². The highest BCUT2D eigenvalue weighted by molar-refractivity contribution is 14.1. The number of amides is 1. The van der Waals surface area contributed by atoms with Crippen molar-refractivity contribution in [2.45, 2.75) is 188 Å². The van der Waals surface area contributed by atoms with E-state index in [-0.39, 0.29) is 77.5 Å². The Kier molecular flexibility index (Phi) is 27.2. The van der Waals surface area contributed by atoms with E-state index in [1.54, 1.807) is 54.7 Å². The van der Waals surface area contributed by atoms with Gasteiger partial charge >= 0.3 is 12.1 Å². The first-order chi connectivity index (χ1) is 42.5. The number of carbonyl (C=O) groups excluding carboxylic acids is 4. The van der Waals surface area contributed by atoms with Crippen molar-refractivity contribution in [1.82, 2.24) is 16.1 Å². The van der Waals surface area contributed by atoms with Gasteiger partial charge in [-0.2, -0.15) is 5.48 Å². The number of benzene rings is 1. The minimum atomic E-state index is -2.16. The van der Waals surface area contributed by atoms with Crippen LogP contribution in [0.2, 0.25) is 0 Å². The Labute approximate surface area is 543 Å². The first kappa shape index (κ1) is 72.6. The zero-order valence-corrected chi connectivity index (χ0v) is 55.9. The molecular weight excluding hydrogens is 1340 g/mol. The molecule has 8 N–H and O–H groups in total. The van der Waals surface area contributed by atoms with Crippen LogP contribution in [-0.2, 0) is 61.8 Å². The number of likely N-dealkylation sites (N-methyl/N-ethyl adjacent to an activating group) is 1. The third-order valence-corrected chi connectivity index (χ3v) is 20.8. The average molecular weight is 1420 g/mol. The summed E-state index contributed by atoms with van der Waals surface area (Å²) in [5, 5.41) is 62.3. The first-order valence-electron chi connectivity index (χ1n) is 28.8. The molecular formula is C59H80IN3O23S3. The summed E-state index contributed by atoms with van der Waals surface area (Å²) in [5.74, 6) is 10.5. The van der Waals surface area contributed by atoms with Crippen molar-refractivity contribution in [2.24, 2.45) is 0 Å². The monoisotopic (exact) mass is 1420 g/mol. The number of carbonyl (C=O) groups is 4. The zero-order valence-electron chi connectivity index (χ0n) is 51.3. The predicted molar refractivity (Wildman–Crippen MR) is 332 cm³/mol. The van der Waals surface area contributed by atoms with Crippen LogP contribution in [0.1, 0.15) is 76.7 Å². The lowest BCUT2D eigenvalue weighted by molar-refractivity contribution is -0.336. The largest absolute Gasteiger partial charge is 0.492 e. The molecule has 4 aliphatic heterocycles. The van der Waals surface area contributed by atoms with E-state index in [0.717, 1.165) is 18.9 Å². The maximum atomic E-state index is 14.5. The van der Waals surface area contributed by atoms with Crippen LogP contribution < -0.4 is 30.3 Å². The Balaban J connectivity index is 1.13.